The molecule has 0 spiro atoms. The third-order valence-corrected chi connectivity index (χ3v) is 2.98. The molecule has 1 atom stereocenters. The van der Waals surface area contributed by atoms with Crippen molar-refractivity contribution in [1.29, 1.82) is 0 Å². The topological polar surface area (TPSA) is 85.4 Å². The van der Waals surface area contributed by atoms with Crippen LogP contribution in [0.15, 0.2) is 16.5 Å². The van der Waals surface area contributed by atoms with E-state index in [0.717, 1.165) is 25.3 Å². The lowest BCUT2D eigenvalue weighted by Gasteiger charge is -2.14. The van der Waals surface area contributed by atoms with Crippen LogP contribution in [-0.2, 0) is 0 Å². The van der Waals surface area contributed by atoms with Gasteiger partial charge in [-0.05, 0) is 24.8 Å². The number of carbonyl (C=O) groups excluding carboxylic acids is 1. The number of halogens is 1. The molecule has 7 heteroatoms. The molecule has 0 aliphatic rings. The van der Waals surface area contributed by atoms with E-state index in [-0.39, 0.29) is 5.76 Å². The molecule has 1 N–H and O–H groups in total. The van der Waals surface area contributed by atoms with Gasteiger partial charge in [0.25, 0.3) is 5.91 Å². The maximum Gasteiger partial charge on any atom is 0.433 e. The zero-order valence-electron chi connectivity index (χ0n) is 10.7. The standard InChI is InChI=1S/C12H17ClN2O4/c1-2-3-9(6-7-13)8-14-12(16)10-4-5-11(19-10)15(17)18/h4-5,9H,2-3,6-8H2,1H3,(H,14,16). The van der Waals surface area contributed by atoms with Gasteiger partial charge in [-0.15, -0.1) is 11.6 Å². The van der Waals surface area contributed by atoms with Crippen molar-refractivity contribution in [3.63, 3.8) is 0 Å². The van der Waals surface area contributed by atoms with E-state index in [9.17, 15) is 14.9 Å². The van der Waals surface area contributed by atoms with Crippen LogP contribution in [0.2, 0.25) is 0 Å². The second-order valence-corrected chi connectivity index (χ2v) is 4.62. The molecule has 0 aliphatic carbocycles. The number of hydrogen-bond donors (Lipinski definition) is 1. The molecule has 0 radical (unpaired) electrons. The first-order chi connectivity index (χ1) is 9.08. The minimum Gasteiger partial charge on any atom is -0.395 e. The first-order valence-electron chi connectivity index (χ1n) is 6.16. The molecule has 1 amide bonds. The molecule has 6 nitrogen and oxygen atoms in total. The van der Waals surface area contributed by atoms with Crippen molar-refractivity contribution in [1.82, 2.24) is 5.32 Å². The number of carbonyl (C=O) groups is 1. The van der Waals surface area contributed by atoms with Crippen LogP contribution < -0.4 is 5.32 Å². The molecule has 1 aromatic heterocycles. The first kappa shape index (κ1) is 15.5. The Balaban J connectivity index is 2.51. The van der Waals surface area contributed by atoms with Crippen molar-refractivity contribution in [3.8, 4) is 0 Å². The highest BCUT2D eigenvalue weighted by Gasteiger charge is 2.18. The van der Waals surface area contributed by atoms with E-state index < -0.39 is 16.7 Å². The molecule has 106 valence electrons. The third kappa shape index (κ3) is 4.90. The van der Waals surface area contributed by atoms with Crippen LogP contribution in [0, 0.1) is 16.0 Å². The molecule has 0 aliphatic heterocycles. The summed E-state index contributed by atoms with van der Waals surface area (Å²) in [5, 5.41) is 13.1. The summed E-state index contributed by atoms with van der Waals surface area (Å²) < 4.78 is 4.82. The Morgan fingerprint density at radius 2 is 2.26 bits per heavy atom. The largest absolute Gasteiger partial charge is 0.433 e. The van der Waals surface area contributed by atoms with Crippen molar-refractivity contribution in [2.75, 3.05) is 12.4 Å². The number of amides is 1. The summed E-state index contributed by atoms with van der Waals surface area (Å²) in [5.41, 5.74) is 0. The van der Waals surface area contributed by atoms with E-state index >= 15 is 0 Å². The van der Waals surface area contributed by atoms with Crippen LogP contribution >= 0.6 is 11.6 Å². The van der Waals surface area contributed by atoms with E-state index in [1.54, 1.807) is 0 Å². The highest BCUT2D eigenvalue weighted by atomic mass is 35.5. The Labute approximate surface area is 116 Å². The zero-order valence-corrected chi connectivity index (χ0v) is 11.5. The van der Waals surface area contributed by atoms with Gasteiger partial charge in [-0.1, -0.05) is 13.3 Å². The highest BCUT2D eigenvalue weighted by Crippen LogP contribution is 2.16. The smallest absolute Gasteiger partial charge is 0.395 e. The van der Waals surface area contributed by atoms with Gasteiger partial charge >= 0.3 is 5.88 Å². The van der Waals surface area contributed by atoms with Gasteiger partial charge in [0.05, 0.1) is 6.07 Å². The van der Waals surface area contributed by atoms with Gasteiger partial charge in [-0.25, -0.2) is 0 Å². The average Bonchev–Trinajstić information content (AvgIpc) is 2.86. The number of furan rings is 1. The lowest BCUT2D eigenvalue weighted by molar-refractivity contribution is -0.402. The number of alkyl halides is 1. The van der Waals surface area contributed by atoms with Crippen molar-refractivity contribution in [3.05, 3.63) is 28.0 Å². The van der Waals surface area contributed by atoms with Crippen molar-refractivity contribution in [2.24, 2.45) is 5.92 Å². The summed E-state index contributed by atoms with van der Waals surface area (Å²) in [4.78, 5) is 21.5. The van der Waals surface area contributed by atoms with Crippen molar-refractivity contribution < 1.29 is 14.1 Å². The molecular weight excluding hydrogens is 272 g/mol. The Kier molecular flexibility index (Phi) is 6.35. The molecule has 0 fully saturated rings. The Hall–Kier alpha value is -1.56. The first-order valence-corrected chi connectivity index (χ1v) is 6.70. The van der Waals surface area contributed by atoms with Gasteiger partial charge in [0.15, 0.2) is 5.76 Å². The summed E-state index contributed by atoms with van der Waals surface area (Å²) in [6, 6.07) is 2.46. The lowest BCUT2D eigenvalue weighted by atomic mass is 10.0. The fourth-order valence-corrected chi connectivity index (χ4v) is 2.09. The van der Waals surface area contributed by atoms with Crippen LogP contribution in [0.3, 0.4) is 0 Å². The number of nitrogens with one attached hydrogen (secondary N) is 1. The minimum absolute atomic E-state index is 0.0483. The molecule has 1 unspecified atom stereocenters. The van der Waals surface area contributed by atoms with Gasteiger partial charge in [0.2, 0.25) is 0 Å². The number of rotatable bonds is 8. The van der Waals surface area contributed by atoms with Gasteiger partial charge in [-0.2, -0.15) is 0 Å². The fourth-order valence-electron chi connectivity index (χ4n) is 1.78. The summed E-state index contributed by atoms with van der Waals surface area (Å²) in [6.07, 6.45) is 2.82. The summed E-state index contributed by atoms with van der Waals surface area (Å²) in [5.74, 6) is -0.0590. The monoisotopic (exact) mass is 288 g/mol. The zero-order chi connectivity index (χ0) is 14.3. The van der Waals surface area contributed by atoms with Gasteiger partial charge in [-0.3, -0.25) is 14.9 Å². The Morgan fingerprint density at radius 1 is 1.53 bits per heavy atom. The molecule has 19 heavy (non-hydrogen) atoms. The van der Waals surface area contributed by atoms with Crippen LogP contribution in [0.5, 0.6) is 0 Å². The predicted molar refractivity (Wildman–Crippen MR) is 71.4 cm³/mol. The number of nitro groups is 1. The molecule has 1 heterocycles. The Morgan fingerprint density at radius 3 is 2.79 bits per heavy atom. The van der Waals surface area contributed by atoms with Crippen LogP contribution in [0.25, 0.3) is 0 Å². The molecular formula is C12H17ClN2O4. The van der Waals surface area contributed by atoms with E-state index in [1.165, 1.54) is 6.07 Å². The van der Waals surface area contributed by atoms with Crippen molar-refractivity contribution in [2.45, 2.75) is 26.2 Å². The van der Waals surface area contributed by atoms with Gasteiger partial charge < -0.3 is 9.73 Å². The quantitative estimate of drug-likeness (QED) is 0.453. The van der Waals surface area contributed by atoms with E-state index in [0.29, 0.717) is 18.3 Å². The second kappa shape index (κ2) is 7.78. The summed E-state index contributed by atoms with van der Waals surface area (Å²) in [6.45, 7) is 2.56. The predicted octanol–water partition coefficient (Wildman–Crippen LogP) is 2.96. The van der Waals surface area contributed by atoms with E-state index in [2.05, 4.69) is 12.2 Å². The minimum atomic E-state index is -0.676. The molecule has 1 aromatic rings. The summed E-state index contributed by atoms with van der Waals surface area (Å²) >= 11 is 5.70. The molecule has 0 saturated heterocycles. The Bertz CT molecular complexity index is 427. The highest BCUT2D eigenvalue weighted by molar-refractivity contribution is 6.17. The van der Waals surface area contributed by atoms with Gasteiger partial charge in [0, 0.05) is 12.4 Å². The molecule has 0 saturated carbocycles. The van der Waals surface area contributed by atoms with Gasteiger partial charge in [0.1, 0.15) is 4.92 Å². The van der Waals surface area contributed by atoms with E-state index in [4.69, 9.17) is 16.0 Å². The van der Waals surface area contributed by atoms with Crippen molar-refractivity contribution >= 4 is 23.4 Å². The maximum atomic E-state index is 11.7. The van der Waals surface area contributed by atoms with Crippen LogP contribution in [-0.4, -0.2) is 23.3 Å². The fraction of sp³-hybridized carbons (Fsp3) is 0.583. The molecule has 0 aromatic carbocycles. The molecule has 0 bridgehead atoms. The van der Waals surface area contributed by atoms with Crippen LogP contribution in [0.4, 0.5) is 5.88 Å². The maximum absolute atomic E-state index is 11.7. The second-order valence-electron chi connectivity index (χ2n) is 4.24. The lowest BCUT2D eigenvalue weighted by Crippen LogP contribution is -2.29. The van der Waals surface area contributed by atoms with Crippen LogP contribution in [0.1, 0.15) is 36.7 Å². The normalized spacial score (nSPS) is 12.1. The SMILES string of the molecule is CCCC(CCCl)CNC(=O)c1ccc([N+](=O)[O-])o1. The summed E-state index contributed by atoms with van der Waals surface area (Å²) in [7, 11) is 0. The molecule has 1 rings (SSSR count). The van der Waals surface area contributed by atoms with E-state index in [1.807, 2.05) is 0 Å². The number of nitrogens with zero attached hydrogens (tertiary/aromatic N) is 1. The number of hydrogen-bond acceptors (Lipinski definition) is 4. The third-order valence-electron chi connectivity index (χ3n) is 2.76. The average molecular weight is 289 g/mol.